The van der Waals surface area contributed by atoms with Gasteiger partial charge in [-0.1, -0.05) is 30.3 Å². The number of amides is 1. The summed E-state index contributed by atoms with van der Waals surface area (Å²) in [7, 11) is 0. The van der Waals surface area contributed by atoms with Crippen LogP contribution in [0.3, 0.4) is 0 Å². The quantitative estimate of drug-likeness (QED) is 0.875. The smallest absolute Gasteiger partial charge is 0.256 e. The van der Waals surface area contributed by atoms with Crippen LogP contribution in [0.4, 0.5) is 10.1 Å². The van der Waals surface area contributed by atoms with Gasteiger partial charge in [0.15, 0.2) is 0 Å². The van der Waals surface area contributed by atoms with Gasteiger partial charge in [-0.15, -0.1) is 0 Å². The van der Waals surface area contributed by atoms with Gasteiger partial charge in [0, 0.05) is 18.3 Å². The molecule has 0 fully saturated rings. The van der Waals surface area contributed by atoms with E-state index in [-0.39, 0.29) is 17.6 Å². The highest BCUT2D eigenvalue weighted by Gasteiger charge is 2.21. The second kappa shape index (κ2) is 6.39. The SMILES string of the molecule is CC(C)N(Cc1ccccc1)C(=O)c1ccc(F)cc1N. The molecule has 0 saturated carbocycles. The summed E-state index contributed by atoms with van der Waals surface area (Å²) in [5.41, 5.74) is 7.31. The fraction of sp³-hybridized carbons (Fsp3) is 0.235. The summed E-state index contributed by atoms with van der Waals surface area (Å²) in [4.78, 5) is 14.4. The van der Waals surface area contributed by atoms with Crippen LogP contribution in [0, 0.1) is 5.82 Å². The minimum Gasteiger partial charge on any atom is -0.398 e. The molecular formula is C17H19FN2O. The third-order valence-corrected chi connectivity index (χ3v) is 3.32. The Morgan fingerprint density at radius 3 is 2.43 bits per heavy atom. The fourth-order valence-corrected chi connectivity index (χ4v) is 2.15. The van der Waals surface area contributed by atoms with Crippen LogP contribution in [-0.2, 0) is 6.54 Å². The predicted octanol–water partition coefficient (Wildman–Crippen LogP) is 3.46. The second-order valence-electron chi connectivity index (χ2n) is 5.24. The van der Waals surface area contributed by atoms with E-state index in [0.29, 0.717) is 12.1 Å². The maximum atomic E-state index is 13.1. The molecule has 2 aromatic rings. The van der Waals surface area contributed by atoms with Crippen LogP contribution < -0.4 is 5.73 Å². The molecule has 0 radical (unpaired) electrons. The van der Waals surface area contributed by atoms with Gasteiger partial charge in [0.25, 0.3) is 5.91 Å². The number of benzene rings is 2. The van der Waals surface area contributed by atoms with E-state index in [1.165, 1.54) is 18.2 Å². The molecule has 0 aliphatic carbocycles. The summed E-state index contributed by atoms with van der Waals surface area (Å²) >= 11 is 0. The van der Waals surface area contributed by atoms with Crippen LogP contribution in [0.2, 0.25) is 0 Å². The van der Waals surface area contributed by atoms with E-state index in [4.69, 9.17) is 5.73 Å². The van der Waals surface area contributed by atoms with E-state index < -0.39 is 5.82 Å². The third kappa shape index (κ3) is 3.60. The summed E-state index contributed by atoms with van der Waals surface area (Å²) in [6.07, 6.45) is 0. The molecular weight excluding hydrogens is 267 g/mol. The first-order valence-electron chi connectivity index (χ1n) is 6.89. The van der Waals surface area contributed by atoms with Gasteiger partial charge in [0.1, 0.15) is 5.82 Å². The zero-order chi connectivity index (χ0) is 15.4. The van der Waals surface area contributed by atoms with Crippen LogP contribution in [0.25, 0.3) is 0 Å². The molecule has 0 bridgehead atoms. The molecule has 0 aliphatic rings. The lowest BCUT2D eigenvalue weighted by molar-refractivity contribution is 0.0691. The summed E-state index contributed by atoms with van der Waals surface area (Å²) < 4.78 is 13.1. The van der Waals surface area contributed by atoms with Crippen LogP contribution in [0.1, 0.15) is 29.8 Å². The number of anilines is 1. The van der Waals surface area contributed by atoms with Crippen molar-refractivity contribution in [2.45, 2.75) is 26.4 Å². The Morgan fingerprint density at radius 1 is 1.19 bits per heavy atom. The molecule has 2 aromatic carbocycles. The number of rotatable bonds is 4. The van der Waals surface area contributed by atoms with E-state index >= 15 is 0 Å². The first kappa shape index (κ1) is 15.0. The van der Waals surface area contributed by atoms with Crippen molar-refractivity contribution in [2.75, 3.05) is 5.73 Å². The third-order valence-electron chi connectivity index (χ3n) is 3.32. The Hall–Kier alpha value is -2.36. The van der Waals surface area contributed by atoms with Gasteiger partial charge >= 0.3 is 0 Å². The normalized spacial score (nSPS) is 10.7. The summed E-state index contributed by atoms with van der Waals surface area (Å²) in [6, 6.07) is 13.6. The van der Waals surface area contributed by atoms with Gasteiger partial charge in [0.2, 0.25) is 0 Å². The minimum absolute atomic E-state index is 0.0159. The molecule has 0 spiro atoms. The Kier molecular flexibility index (Phi) is 4.58. The topological polar surface area (TPSA) is 46.3 Å². The molecule has 4 heteroatoms. The predicted molar refractivity (Wildman–Crippen MR) is 82.3 cm³/mol. The molecule has 0 aromatic heterocycles. The molecule has 0 heterocycles. The van der Waals surface area contributed by atoms with Gasteiger partial charge in [-0.05, 0) is 37.6 Å². The average molecular weight is 286 g/mol. The molecule has 110 valence electrons. The van der Waals surface area contributed by atoms with Gasteiger partial charge in [0.05, 0.1) is 5.56 Å². The maximum Gasteiger partial charge on any atom is 0.256 e. The summed E-state index contributed by atoms with van der Waals surface area (Å²) in [6.45, 7) is 4.38. The summed E-state index contributed by atoms with van der Waals surface area (Å²) in [5, 5.41) is 0. The average Bonchev–Trinajstić information content (AvgIpc) is 2.45. The maximum absolute atomic E-state index is 13.1. The van der Waals surface area contributed by atoms with Crippen LogP contribution >= 0.6 is 0 Å². The number of nitrogens with two attached hydrogens (primary N) is 1. The molecule has 2 rings (SSSR count). The van der Waals surface area contributed by atoms with Crippen molar-refractivity contribution in [3.63, 3.8) is 0 Å². The van der Waals surface area contributed by atoms with Crippen molar-refractivity contribution in [1.29, 1.82) is 0 Å². The molecule has 3 nitrogen and oxygen atoms in total. The zero-order valence-electron chi connectivity index (χ0n) is 12.2. The molecule has 0 atom stereocenters. The Labute approximate surface area is 124 Å². The zero-order valence-corrected chi connectivity index (χ0v) is 12.2. The Bertz CT molecular complexity index is 626. The highest BCUT2D eigenvalue weighted by molar-refractivity contribution is 5.99. The Balaban J connectivity index is 2.27. The summed E-state index contributed by atoms with van der Waals surface area (Å²) in [5.74, 6) is -0.630. The van der Waals surface area contributed by atoms with Gasteiger partial charge in [-0.3, -0.25) is 4.79 Å². The van der Waals surface area contributed by atoms with Crippen LogP contribution in [0.15, 0.2) is 48.5 Å². The molecule has 0 saturated heterocycles. The van der Waals surface area contributed by atoms with E-state index in [9.17, 15) is 9.18 Å². The largest absolute Gasteiger partial charge is 0.398 e. The molecule has 0 aliphatic heterocycles. The number of hydrogen-bond acceptors (Lipinski definition) is 2. The highest BCUT2D eigenvalue weighted by Crippen LogP contribution is 2.19. The van der Waals surface area contributed by atoms with Gasteiger partial charge in [-0.2, -0.15) is 0 Å². The number of carbonyl (C=O) groups is 1. The van der Waals surface area contributed by atoms with Crippen LogP contribution in [-0.4, -0.2) is 16.8 Å². The monoisotopic (exact) mass is 286 g/mol. The molecule has 1 amide bonds. The number of nitrogens with zero attached hydrogens (tertiary/aromatic N) is 1. The first-order chi connectivity index (χ1) is 9.99. The van der Waals surface area contributed by atoms with Crippen molar-refractivity contribution >= 4 is 11.6 Å². The number of hydrogen-bond donors (Lipinski definition) is 1. The van der Waals surface area contributed by atoms with E-state index in [0.717, 1.165) is 5.56 Å². The number of halogens is 1. The lowest BCUT2D eigenvalue weighted by Crippen LogP contribution is -2.36. The van der Waals surface area contributed by atoms with Gasteiger partial charge in [-0.25, -0.2) is 4.39 Å². The Morgan fingerprint density at radius 2 is 1.86 bits per heavy atom. The van der Waals surface area contributed by atoms with E-state index in [1.54, 1.807) is 4.90 Å². The van der Waals surface area contributed by atoms with Crippen LogP contribution in [0.5, 0.6) is 0 Å². The van der Waals surface area contributed by atoms with E-state index in [1.807, 2.05) is 44.2 Å². The highest BCUT2D eigenvalue weighted by atomic mass is 19.1. The number of carbonyl (C=O) groups excluding carboxylic acids is 1. The standard InChI is InChI=1S/C17H19FN2O/c1-12(2)20(11-13-6-4-3-5-7-13)17(21)15-9-8-14(18)10-16(15)19/h3-10,12H,11,19H2,1-2H3. The fourth-order valence-electron chi connectivity index (χ4n) is 2.15. The minimum atomic E-state index is -0.441. The molecule has 2 N–H and O–H groups in total. The van der Waals surface area contributed by atoms with Crippen molar-refractivity contribution in [3.8, 4) is 0 Å². The van der Waals surface area contributed by atoms with Crippen molar-refractivity contribution in [2.24, 2.45) is 0 Å². The second-order valence-corrected chi connectivity index (χ2v) is 5.24. The van der Waals surface area contributed by atoms with Gasteiger partial charge < -0.3 is 10.6 Å². The van der Waals surface area contributed by atoms with Crippen molar-refractivity contribution < 1.29 is 9.18 Å². The lowest BCUT2D eigenvalue weighted by atomic mass is 10.1. The molecule has 0 unspecified atom stereocenters. The lowest BCUT2D eigenvalue weighted by Gasteiger charge is -2.27. The molecule has 21 heavy (non-hydrogen) atoms. The number of nitrogen functional groups attached to an aromatic ring is 1. The van der Waals surface area contributed by atoms with Crippen molar-refractivity contribution in [1.82, 2.24) is 4.90 Å². The van der Waals surface area contributed by atoms with Crippen molar-refractivity contribution in [3.05, 3.63) is 65.5 Å². The first-order valence-corrected chi connectivity index (χ1v) is 6.89. The van der Waals surface area contributed by atoms with E-state index in [2.05, 4.69) is 0 Å².